The van der Waals surface area contributed by atoms with Crippen LogP contribution < -0.4 is 11.0 Å². The number of aryl methyl sites for hydroxylation is 1. The smallest absolute Gasteiger partial charge is 0.267 e. The van der Waals surface area contributed by atoms with Crippen LogP contribution >= 0.6 is 0 Å². The maximum absolute atomic E-state index is 12.8. The average molecular weight is 383 g/mol. The summed E-state index contributed by atoms with van der Waals surface area (Å²) in [5.41, 5.74) is 4.11. The van der Waals surface area contributed by atoms with Gasteiger partial charge in [-0.25, -0.2) is 10.1 Å². The summed E-state index contributed by atoms with van der Waals surface area (Å²) in [5.74, 6) is 0.327. The fraction of sp³-hybridized carbons (Fsp3) is 0.545. The minimum Gasteiger partial charge on any atom is -0.267 e. The molecule has 1 fully saturated rings. The van der Waals surface area contributed by atoms with Gasteiger partial charge >= 0.3 is 0 Å². The van der Waals surface area contributed by atoms with E-state index in [9.17, 15) is 9.59 Å². The number of nitrogens with one attached hydrogen (secondary N) is 1. The van der Waals surface area contributed by atoms with Crippen LogP contribution in [-0.4, -0.2) is 21.4 Å². The van der Waals surface area contributed by atoms with Gasteiger partial charge in [-0.2, -0.15) is 10.2 Å². The molecule has 2 aromatic rings. The first kappa shape index (κ1) is 20.2. The number of aromatic nitrogens is 2. The van der Waals surface area contributed by atoms with Gasteiger partial charge in [0.05, 0.1) is 5.39 Å². The van der Waals surface area contributed by atoms with Crippen LogP contribution in [0.4, 0.5) is 0 Å². The number of nitrogens with zero attached hydrogens (tertiary/aromatic N) is 3. The third kappa shape index (κ3) is 4.01. The summed E-state index contributed by atoms with van der Waals surface area (Å²) in [7, 11) is 0. The Balaban J connectivity index is 1.77. The number of carbonyl (C=O) groups excluding carboxylic acids is 1. The van der Waals surface area contributed by atoms with Crippen molar-refractivity contribution in [3.63, 3.8) is 0 Å². The van der Waals surface area contributed by atoms with Crippen molar-refractivity contribution in [1.82, 2.24) is 15.2 Å². The Morgan fingerprint density at radius 3 is 2.46 bits per heavy atom. The first-order valence-corrected chi connectivity index (χ1v) is 10.2. The van der Waals surface area contributed by atoms with Crippen molar-refractivity contribution in [2.75, 3.05) is 0 Å². The zero-order valence-corrected chi connectivity index (χ0v) is 17.3. The standard InChI is InChI=1S/C22H30N4O2/c1-5-22(3,4)15-11-13-16(14-12-15)23-24-20(27)19-17-9-7-8-10-18(17)21(28)26(6-2)25-19/h7-10,15H,5-6,11-14H2,1-4H3,(H,24,27). The van der Waals surface area contributed by atoms with E-state index < -0.39 is 0 Å². The Bertz CT molecular complexity index is 949. The fourth-order valence-electron chi connectivity index (χ4n) is 3.93. The van der Waals surface area contributed by atoms with E-state index in [2.05, 4.69) is 36.4 Å². The van der Waals surface area contributed by atoms with Gasteiger partial charge in [0.25, 0.3) is 11.5 Å². The summed E-state index contributed by atoms with van der Waals surface area (Å²) in [6, 6.07) is 7.08. The molecule has 0 radical (unpaired) electrons. The monoisotopic (exact) mass is 382 g/mol. The third-order valence-corrected chi connectivity index (χ3v) is 6.28. The van der Waals surface area contributed by atoms with Crippen LogP contribution in [0.1, 0.15) is 70.3 Å². The van der Waals surface area contributed by atoms with Crippen molar-refractivity contribution in [1.29, 1.82) is 0 Å². The molecule has 0 unspecified atom stereocenters. The molecule has 3 rings (SSSR count). The second kappa shape index (κ2) is 8.25. The summed E-state index contributed by atoms with van der Waals surface area (Å²) < 4.78 is 1.32. The maximum atomic E-state index is 12.8. The van der Waals surface area contributed by atoms with Gasteiger partial charge in [0.2, 0.25) is 0 Å². The molecule has 0 spiro atoms. The van der Waals surface area contributed by atoms with Gasteiger partial charge in [0.15, 0.2) is 5.69 Å². The molecule has 28 heavy (non-hydrogen) atoms. The van der Waals surface area contributed by atoms with Gasteiger partial charge in [0, 0.05) is 17.6 Å². The molecule has 0 aliphatic heterocycles. The number of carbonyl (C=O) groups is 1. The molecule has 1 amide bonds. The second-order valence-electron chi connectivity index (χ2n) is 8.25. The van der Waals surface area contributed by atoms with E-state index in [-0.39, 0.29) is 17.2 Å². The molecule has 1 aromatic heterocycles. The van der Waals surface area contributed by atoms with E-state index in [0.29, 0.717) is 28.7 Å². The molecule has 1 aromatic carbocycles. The van der Waals surface area contributed by atoms with Crippen LogP contribution in [0.25, 0.3) is 10.8 Å². The highest BCUT2D eigenvalue weighted by atomic mass is 16.2. The molecule has 0 saturated heterocycles. The van der Waals surface area contributed by atoms with E-state index in [0.717, 1.165) is 31.4 Å². The first-order chi connectivity index (χ1) is 13.4. The minimum absolute atomic E-state index is 0.183. The topological polar surface area (TPSA) is 76.3 Å². The SMILES string of the molecule is CCn1nc(C(=O)NN=C2CCC(C(C)(C)CC)CC2)c2ccccc2c1=O. The zero-order valence-electron chi connectivity index (χ0n) is 17.3. The van der Waals surface area contributed by atoms with Gasteiger partial charge in [-0.05, 0) is 50.0 Å². The fourth-order valence-corrected chi connectivity index (χ4v) is 3.93. The molecule has 6 nitrogen and oxygen atoms in total. The molecule has 150 valence electrons. The molecule has 1 N–H and O–H groups in total. The molecule has 1 heterocycles. The summed E-state index contributed by atoms with van der Waals surface area (Å²) in [6.07, 6.45) is 5.22. The van der Waals surface area contributed by atoms with E-state index in [1.807, 2.05) is 6.92 Å². The first-order valence-electron chi connectivity index (χ1n) is 10.2. The molecular weight excluding hydrogens is 352 g/mol. The summed E-state index contributed by atoms with van der Waals surface area (Å²) in [5, 5.41) is 9.70. The molecule has 0 bridgehead atoms. The molecular formula is C22H30N4O2. The maximum Gasteiger partial charge on any atom is 0.292 e. The van der Waals surface area contributed by atoms with Gasteiger partial charge in [-0.15, -0.1) is 0 Å². The number of hydrazone groups is 1. The van der Waals surface area contributed by atoms with Crippen LogP contribution in [0.3, 0.4) is 0 Å². The molecule has 0 atom stereocenters. The van der Waals surface area contributed by atoms with E-state index >= 15 is 0 Å². The van der Waals surface area contributed by atoms with Crippen molar-refractivity contribution in [3.05, 3.63) is 40.3 Å². The highest BCUT2D eigenvalue weighted by molar-refractivity contribution is 6.05. The minimum atomic E-state index is -0.373. The number of hydrogen-bond donors (Lipinski definition) is 1. The Labute approximate surface area is 166 Å². The van der Waals surface area contributed by atoms with E-state index in [4.69, 9.17) is 0 Å². The summed E-state index contributed by atoms with van der Waals surface area (Å²) >= 11 is 0. The number of benzene rings is 1. The van der Waals surface area contributed by atoms with Crippen molar-refractivity contribution in [3.8, 4) is 0 Å². The normalized spacial score (nSPS) is 17.6. The largest absolute Gasteiger partial charge is 0.292 e. The number of fused-ring (bicyclic) bond motifs is 1. The van der Waals surface area contributed by atoms with Crippen molar-refractivity contribution in [2.45, 2.75) is 66.3 Å². The quantitative estimate of drug-likeness (QED) is 0.790. The van der Waals surface area contributed by atoms with Gasteiger partial charge in [-0.1, -0.05) is 45.4 Å². The molecule has 1 aliphatic carbocycles. The highest BCUT2D eigenvalue weighted by Crippen LogP contribution is 2.39. The lowest BCUT2D eigenvalue weighted by atomic mass is 9.69. The van der Waals surface area contributed by atoms with Gasteiger partial charge in [0.1, 0.15) is 0 Å². The Hall–Kier alpha value is -2.50. The van der Waals surface area contributed by atoms with E-state index in [1.54, 1.807) is 24.3 Å². The van der Waals surface area contributed by atoms with Gasteiger partial charge in [-0.3, -0.25) is 9.59 Å². The lowest BCUT2D eigenvalue weighted by Crippen LogP contribution is -2.30. The number of rotatable bonds is 5. The van der Waals surface area contributed by atoms with Crippen LogP contribution in [-0.2, 0) is 6.54 Å². The van der Waals surface area contributed by atoms with E-state index in [1.165, 1.54) is 11.1 Å². The molecule has 1 saturated carbocycles. The summed E-state index contributed by atoms with van der Waals surface area (Å²) in [6.45, 7) is 9.16. The van der Waals surface area contributed by atoms with Crippen LogP contribution in [0, 0.1) is 11.3 Å². The number of hydrogen-bond acceptors (Lipinski definition) is 4. The Kier molecular flexibility index (Phi) is 5.96. The van der Waals surface area contributed by atoms with Crippen molar-refractivity contribution >= 4 is 22.4 Å². The Morgan fingerprint density at radius 2 is 1.86 bits per heavy atom. The number of amides is 1. The van der Waals surface area contributed by atoms with Crippen LogP contribution in [0.5, 0.6) is 0 Å². The predicted molar refractivity (Wildman–Crippen MR) is 113 cm³/mol. The predicted octanol–water partition coefficient (Wildman–Crippen LogP) is 4.13. The van der Waals surface area contributed by atoms with Crippen molar-refractivity contribution < 1.29 is 4.79 Å². The zero-order chi connectivity index (χ0) is 20.3. The van der Waals surface area contributed by atoms with Crippen LogP contribution in [0.2, 0.25) is 0 Å². The second-order valence-corrected chi connectivity index (χ2v) is 8.25. The summed E-state index contributed by atoms with van der Waals surface area (Å²) in [4.78, 5) is 25.2. The van der Waals surface area contributed by atoms with Crippen molar-refractivity contribution in [2.24, 2.45) is 16.4 Å². The molecule has 6 heteroatoms. The lowest BCUT2D eigenvalue weighted by Gasteiger charge is -2.36. The van der Waals surface area contributed by atoms with Crippen LogP contribution in [0.15, 0.2) is 34.2 Å². The lowest BCUT2D eigenvalue weighted by molar-refractivity contribution is 0.0948. The average Bonchev–Trinajstić information content (AvgIpc) is 2.73. The highest BCUT2D eigenvalue weighted by Gasteiger charge is 2.30. The molecule has 1 aliphatic rings. The van der Waals surface area contributed by atoms with Gasteiger partial charge < -0.3 is 0 Å². The Morgan fingerprint density at radius 1 is 1.21 bits per heavy atom. The third-order valence-electron chi connectivity index (χ3n) is 6.28.